The lowest BCUT2D eigenvalue weighted by Crippen LogP contribution is -2.26. The lowest BCUT2D eigenvalue weighted by Gasteiger charge is -2.14. The molecule has 0 aliphatic carbocycles. The molecule has 2 nitrogen and oxygen atoms in total. The first kappa shape index (κ1) is 12.7. The highest BCUT2D eigenvalue weighted by atomic mass is 32.1. The van der Waals surface area contributed by atoms with Crippen LogP contribution in [0.1, 0.15) is 28.9 Å². The minimum Gasteiger partial charge on any atom is -0.346 e. The molecule has 0 aliphatic heterocycles. The highest BCUT2D eigenvalue weighted by Gasteiger charge is 2.10. The van der Waals surface area contributed by atoms with Crippen molar-refractivity contribution in [3.8, 4) is 0 Å². The SMILES string of the molecule is CC(NC(=O)c1ccc(S)cc1)c1ccccc1. The van der Waals surface area contributed by atoms with Crippen LogP contribution in [-0.4, -0.2) is 5.91 Å². The normalized spacial score (nSPS) is 11.9. The third-order valence-corrected chi connectivity index (χ3v) is 3.07. The number of amides is 1. The van der Waals surface area contributed by atoms with Crippen molar-refractivity contribution < 1.29 is 4.79 Å². The van der Waals surface area contributed by atoms with Gasteiger partial charge >= 0.3 is 0 Å². The number of carbonyl (C=O) groups is 1. The number of nitrogens with one attached hydrogen (secondary N) is 1. The van der Waals surface area contributed by atoms with Gasteiger partial charge in [-0.15, -0.1) is 12.6 Å². The molecule has 2 rings (SSSR count). The predicted molar refractivity (Wildman–Crippen MR) is 76.0 cm³/mol. The zero-order chi connectivity index (χ0) is 13.0. The van der Waals surface area contributed by atoms with Crippen LogP contribution in [0.25, 0.3) is 0 Å². The van der Waals surface area contributed by atoms with Crippen LogP contribution < -0.4 is 5.32 Å². The van der Waals surface area contributed by atoms with Gasteiger partial charge in [-0.05, 0) is 36.8 Å². The highest BCUT2D eigenvalue weighted by Crippen LogP contribution is 2.13. The van der Waals surface area contributed by atoms with Crippen LogP contribution in [0.4, 0.5) is 0 Å². The van der Waals surface area contributed by atoms with E-state index in [9.17, 15) is 4.79 Å². The minimum absolute atomic E-state index is 0.00521. The predicted octanol–water partition coefficient (Wildman–Crippen LogP) is 3.47. The molecular formula is C15H15NOS. The van der Waals surface area contributed by atoms with Crippen LogP contribution in [0.15, 0.2) is 59.5 Å². The molecule has 2 aromatic carbocycles. The van der Waals surface area contributed by atoms with Gasteiger partial charge in [0.25, 0.3) is 5.91 Å². The van der Waals surface area contributed by atoms with Crippen molar-refractivity contribution in [1.29, 1.82) is 0 Å². The van der Waals surface area contributed by atoms with E-state index in [1.165, 1.54) is 0 Å². The van der Waals surface area contributed by atoms with E-state index in [0.717, 1.165) is 10.5 Å². The van der Waals surface area contributed by atoms with Crippen LogP contribution in [-0.2, 0) is 0 Å². The van der Waals surface area contributed by atoms with E-state index in [4.69, 9.17) is 0 Å². The fourth-order valence-corrected chi connectivity index (χ4v) is 1.87. The van der Waals surface area contributed by atoms with Gasteiger partial charge in [-0.2, -0.15) is 0 Å². The van der Waals surface area contributed by atoms with Crippen molar-refractivity contribution in [2.24, 2.45) is 0 Å². The molecule has 18 heavy (non-hydrogen) atoms. The molecule has 0 spiro atoms. The molecule has 2 aromatic rings. The fourth-order valence-electron chi connectivity index (χ4n) is 1.72. The van der Waals surface area contributed by atoms with Gasteiger partial charge < -0.3 is 5.32 Å². The van der Waals surface area contributed by atoms with Gasteiger partial charge in [0, 0.05) is 10.5 Å². The van der Waals surface area contributed by atoms with Gasteiger partial charge in [-0.25, -0.2) is 0 Å². The molecule has 1 N–H and O–H groups in total. The molecule has 0 saturated carbocycles. The van der Waals surface area contributed by atoms with Gasteiger partial charge in [0.05, 0.1) is 6.04 Å². The van der Waals surface area contributed by atoms with Crippen molar-refractivity contribution >= 4 is 18.5 Å². The quantitative estimate of drug-likeness (QED) is 0.810. The summed E-state index contributed by atoms with van der Waals surface area (Å²) in [6.45, 7) is 1.97. The number of hydrogen-bond donors (Lipinski definition) is 2. The summed E-state index contributed by atoms with van der Waals surface area (Å²) in [5, 5.41) is 2.97. The molecule has 1 unspecified atom stereocenters. The Morgan fingerprint density at radius 3 is 2.28 bits per heavy atom. The third kappa shape index (κ3) is 3.14. The zero-order valence-corrected chi connectivity index (χ0v) is 11.0. The first-order valence-electron chi connectivity index (χ1n) is 5.81. The van der Waals surface area contributed by atoms with Crippen LogP contribution in [0.3, 0.4) is 0 Å². The summed E-state index contributed by atoms with van der Waals surface area (Å²) in [4.78, 5) is 12.9. The molecule has 0 heterocycles. The summed E-state index contributed by atoms with van der Waals surface area (Å²) >= 11 is 4.20. The lowest BCUT2D eigenvalue weighted by atomic mass is 10.1. The maximum Gasteiger partial charge on any atom is 0.251 e. The molecule has 1 amide bonds. The average molecular weight is 257 g/mol. The van der Waals surface area contributed by atoms with E-state index in [1.54, 1.807) is 12.1 Å². The van der Waals surface area contributed by atoms with Gasteiger partial charge in [0.15, 0.2) is 0 Å². The van der Waals surface area contributed by atoms with Crippen molar-refractivity contribution in [3.05, 3.63) is 65.7 Å². The minimum atomic E-state index is -0.0697. The molecule has 0 radical (unpaired) electrons. The standard InChI is InChI=1S/C15H15NOS/c1-11(12-5-3-2-4-6-12)16-15(17)13-7-9-14(18)10-8-13/h2-11,18H,1H3,(H,16,17). The number of benzene rings is 2. The molecule has 0 saturated heterocycles. The number of thiol groups is 1. The summed E-state index contributed by atoms with van der Waals surface area (Å²) < 4.78 is 0. The van der Waals surface area contributed by atoms with E-state index in [0.29, 0.717) is 5.56 Å². The topological polar surface area (TPSA) is 29.1 Å². The van der Waals surface area contributed by atoms with Crippen LogP contribution in [0, 0.1) is 0 Å². The maximum absolute atomic E-state index is 12.0. The molecule has 92 valence electrons. The Hall–Kier alpha value is -1.74. The van der Waals surface area contributed by atoms with Gasteiger partial charge in [0.1, 0.15) is 0 Å². The molecule has 1 atom stereocenters. The monoisotopic (exact) mass is 257 g/mol. The second-order valence-corrected chi connectivity index (χ2v) is 4.67. The van der Waals surface area contributed by atoms with Crippen LogP contribution >= 0.6 is 12.6 Å². The Morgan fingerprint density at radius 2 is 1.67 bits per heavy atom. The van der Waals surface area contributed by atoms with Crippen molar-refractivity contribution in [1.82, 2.24) is 5.32 Å². The van der Waals surface area contributed by atoms with E-state index in [-0.39, 0.29) is 11.9 Å². The van der Waals surface area contributed by atoms with Crippen LogP contribution in [0.5, 0.6) is 0 Å². The van der Waals surface area contributed by atoms with Crippen LogP contribution in [0.2, 0.25) is 0 Å². The highest BCUT2D eigenvalue weighted by molar-refractivity contribution is 7.80. The second kappa shape index (κ2) is 5.74. The summed E-state index contributed by atoms with van der Waals surface area (Å²) in [5.41, 5.74) is 1.74. The smallest absolute Gasteiger partial charge is 0.251 e. The van der Waals surface area contributed by atoms with Crippen molar-refractivity contribution in [2.75, 3.05) is 0 Å². The molecule has 0 fully saturated rings. The summed E-state index contributed by atoms with van der Waals surface area (Å²) in [7, 11) is 0. The summed E-state index contributed by atoms with van der Waals surface area (Å²) in [6, 6.07) is 17.1. The van der Waals surface area contributed by atoms with E-state index in [1.807, 2.05) is 49.4 Å². The summed E-state index contributed by atoms with van der Waals surface area (Å²) in [6.07, 6.45) is 0. The summed E-state index contributed by atoms with van der Waals surface area (Å²) in [5.74, 6) is -0.0697. The second-order valence-electron chi connectivity index (χ2n) is 4.15. The first-order chi connectivity index (χ1) is 8.66. The molecule has 0 bridgehead atoms. The van der Waals surface area contributed by atoms with E-state index >= 15 is 0 Å². The average Bonchev–Trinajstić information content (AvgIpc) is 2.40. The van der Waals surface area contributed by atoms with E-state index < -0.39 is 0 Å². The number of hydrogen-bond acceptors (Lipinski definition) is 2. The van der Waals surface area contributed by atoms with Gasteiger partial charge in [-0.3, -0.25) is 4.79 Å². The Bertz CT molecular complexity index is 522. The Labute approximate surface area is 112 Å². The Morgan fingerprint density at radius 1 is 1.06 bits per heavy atom. The molecule has 3 heteroatoms. The van der Waals surface area contributed by atoms with Crippen molar-refractivity contribution in [2.45, 2.75) is 17.9 Å². The van der Waals surface area contributed by atoms with Gasteiger partial charge in [0.2, 0.25) is 0 Å². The fraction of sp³-hybridized carbons (Fsp3) is 0.133. The molecular weight excluding hydrogens is 242 g/mol. The van der Waals surface area contributed by atoms with Crippen molar-refractivity contribution in [3.63, 3.8) is 0 Å². The number of rotatable bonds is 3. The lowest BCUT2D eigenvalue weighted by molar-refractivity contribution is 0.0940. The van der Waals surface area contributed by atoms with E-state index in [2.05, 4.69) is 17.9 Å². The third-order valence-electron chi connectivity index (χ3n) is 2.78. The molecule has 0 aliphatic rings. The first-order valence-corrected chi connectivity index (χ1v) is 6.26. The Balaban J connectivity index is 2.06. The zero-order valence-electron chi connectivity index (χ0n) is 10.1. The largest absolute Gasteiger partial charge is 0.346 e. The Kier molecular flexibility index (Phi) is 4.05. The maximum atomic E-state index is 12.0. The van der Waals surface area contributed by atoms with Gasteiger partial charge in [-0.1, -0.05) is 30.3 Å². The number of carbonyl (C=O) groups excluding carboxylic acids is 1. The molecule has 0 aromatic heterocycles.